The summed E-state index contributed by atoms with van der Waals surface area (Å²) in [6.07, 6.45) is -4.46. The Hall–Kier alpha value is -3.18. The monoisotopic (exact) mass is 292 g/mol. The number of hydrogen-bond acceptors (Lipinski definition) is 5. The van der Waals surface area contributed by atoms with Crippen LogP contribution in [0.3, 0.4) is 0 Å². The lowest BCUT2D eigenvalue weighted by Gasteiger charge is -2.10. The van der Waals surface area contributed by atoms with Gasteiger partial charge in [-0.2, -0.15) is 29.0 Å². The minimum atomic E-state index is -4.46. The molecule has 0 heterocycles. The quantitative estimate of drug-likeness (QED) is 0.861. The third-order valence-corrected chi connectivity index (χ3v) is 2.09. The number of ether oxygens (including phenoxy) is 1. The summed E-state index contributed by atoms with van der Waals surface area (Å²) in [4.78, 5) is 0. The van der Waals surface area contributed by atoms with Crippen molar-refractivity contribution in [3.05, 3.63) is 35.5 Å². The number of halogens is 3. The number of anilines is 1. The molecule has 0 aliphatic carbocycles. The van der Waals surface area contributed by atoms with E-state index in [1.165, 1.54) is 36.4 Å². The van der Waals surface area contributed by atoms with Crippen molar-refractivity contribution in [1.82, 2.24) is 0 Å². The average molecular weight is 292 g/mol. The Kier molecular flexibility index (Phi) is 5.17. The molecule has 21 heavy (non-hydrogen) atoms. The lowest BCUT2D eigenvalue weighted by Crippen LogP contribution is -2.19. The normalized spacial score (nSPS) is 9.71. The molecular weight excluding hydrogens is 285 g/mol. The molecule has 1 N–H and O–H groups in total. The molecule has 0 radical (unpaired) electrons. The number of allylic oxidation sites excluding steroid dienone is 2. The molecule has 1 aromatic carbocycles. The Labute approximate surface area is 118 Å². The molecule has 0 amide bonds. The van der Waals surface area contributed by atoms with E-state index in [1.807, 2.05) is 0 Å². The van der Waals surface area contributed by atoms with Gasteiger partial charge in [0.05, 0.1) is 0 Å². The zero-order valence-electron chi connectivity index (χ0n) is 10.4. The van der Waals surface area contributed by atoms with Gasteiger partial charge in [-0.3, -0.25) is 0 Å². The first-order chi connectivity index (χ1) is 9.89. The number of alkyl halides is 3. The second-order valence-electron chi connectivity index (χ2n) is 3.64. The number of nitrogens with zero attached hydrogens (tertiary/aromatic N) is 3. The SMILES string of the molecule is N#CC(C#N)=C(C#N)Nc1cccc(OCC(F)(F)F)c1. The summed E-state index contributed by atoms with van der Waals surface area (Å²) >= 11 is 0. The van der Waals surface area contributed by atoms with Gasteiger partial charge in [0.2, 0.25) is 0 Å². The highest BCUT2D eigenvalue weighted by Gasteiger charge is 2.28. The largest absolute Gasteiger partial charge is 0.484 e. The zero-order valence-corrected chi connectivity index (χ0v) is 10.4. The molecule has 1 rings (SSSR count). The van der Waals surface area contributed by atoms with Crippen LogP contribution in [0.15, 0.2) is 35.5 Å². The predicted octanol–water partition coefficient (Wildman–Crippen LogP) is 2.86. The van der Waals surface area contributed by atoms with E-state index in [9.17, 15) is 13.2 Å². The summed E-state index contributed by atoms with van der Waals surface area (Å²) in [6.45, 7) is -1.45. The van der Waals surface area contributed by atoms with Crippen LogP contribution in [0.2, 0.25) is 0 Å². The minimum absolute atomic E-state index is 0.0647. The van der Waals surface area contributed by atoms with Crippen LogP contribution >= 0.6 is 0 Å². The molecule has 106 valence electrons. The van der Waals surface area contributed by atoms with E-state index in [0.717, 1.165) is 0 Å². The second kappa shape index (κ2) is 6.83. The highest BCUT2D eigenvalue weighted by atomic mass is 19.4. The summed E-state index contributed by atoms with van der Waals surface area (Å²) in [7, 11) is 0. The number of nitrogens with one attached hydrogen (secondary N) is 1. The van der Waals surface area contributed by atoms with Crippen LogP contribution in [-0.4, -0.2) is 12.8 Å². The van der Waals surface area contributed by atoms with Crippen molar-refractivity contribution < 1.29 is 17.9 Å². The topological polar surface area (TPSA) is 92.6 Å². The van der Waals surface area contributed by atoms with Crippen LogP contribution in [0.4, 0.5) is 18.9 Å². The summed E-state index contributed by atoms with van der Waals surface area (Å²) in [5, 5.41) is 28.7. The Morgan fingerprint density at radius 1 is 1.14 bits per heavy atom. The maximum atomic E-state index is 12.0. The van der Waals surface area contributed by atoms with E-state index < -0.39 is 18.4 Å². The van der Waals surface area contributed by atoms with Crippen LogP contribution in [0.25, 0.3) is 0 Å². The molecule has 0 atom stereocenters. The molecule has 0 bridgehead atoms. The summed E-state index contributed by atoms with van der Waals surface area (Å²) in [6, 6.07) is 10.1. The van der Waals surface area contributed by atoms with Gasteiger partial charge in [0.25, 0.3) is 0 Å². The van der Waals surface area contributed by atoms with Crippen molar-refractivity contribution in [3.63, 3.8) is 0 Å². The van der Waals surface area contributed by atoms with Gasteiger partial charge < -0.3 is 10.1 Å². The van der Waals surface area contributed by atoms with E-state index in [-0.39, 0.29) is 17.1 Å². The third-order valence-electron chi connectivity index (χ3n) is 2.09. The molecule has 0 saturated carbocycles. The van der Waals surface area contributed by atoms with Gasteiger partial charge in [0.15, 0.2) is 12.2 Å². The van der Waals surface area contributed by atoms with Gasteiger partial charge in [-0.1, -0.05) is 6.07 Å². The highest BCUT2D eigenvalue weighted by molar-refractivity contribution is 5.59. The zero-order chi connectivity index (χ0) is 15.9. The highest BCUT2D eigenvalue weighted by Crippen LogP contribution is 2.22. The Morgan fingerprint density at radius 3 is 2.33 bits per heavy atom. The lowest BCUT2D eigenvalue weighted by molar-refractivity contribution is -0.153. The van der Waals surface area contributed by atoms with Gasteiger partial charge in [0.1, 0.15) is 29.7 Å². The molecule has 5 nitrogen and oxygen atoms in total. The Morgan fingerprint density at radius 2 is 1.81 bits per heavy atom. The van der Waals surface area contributed by atoms with E-state index in [1.54, 1.807) is 6.07 Å². The fraction of sp³-hybridized carbons (Fsp3) is 0.154. The van der Waals surface area contributed by atoms with Crippen LogP contribution in [0.1, 0.15) is 0 Å². The van der Waals surface area contributed by atoms with Crippen LogP contribution in [0, 0.1) is 34.0 Å². The van der Waals surface area contributed by atoms with E-state index in [2.05, 4.69) is 10.1 Å². The summed E-state index contributed by atoms with van der Waals surface area (Å²) in [5.41, 5.74) is -0.513. The molecule has 1 aromatic rings. The van der Waals surface area contributed by atoms with Gasteiger partial charge >= 0.3 is 6.18 Å². The number of rotatable bonds is 4. The van der Waals surface area contributed by atoms with Crippen molar-refractivity contribution in [2.45, 2.75) is 6.18 Å². The number of benzene rings is 1. The summed E-state index contributed by atoms with van der Waals surface area (Å²) in [5.74, 6) is -0.0647. The maximum Gasteiger partial charge on any atom is 0.422 e. The first-order valence-corrected chi connectivity index (χ1v) is 5.41. The molecule has 0 saturated heterocycles. The molecule has 0 fully saturated rings. The van der Waals surface area contributed by atoms with Gasteiger partial charge in [-0.05, 0) is 12.1 Å². The number of nitriles is 3. The van der Waals surface area contributed by atoms with Gasteiger partial charge in [0, 0.05) is 11.8 Å². The molecule has 0 aliphatic heterocycles. The Balaban J connectivity index is 2.92. The van der Waals surface area contributed by atoms with Crippen molar-refractivity contribution >= 4 is 5.69 Å². The van der Waals surface area contributed by atoms with Crippen molar-refractivity contribution in [2.24, 2.45) is 0 Å². The van der Waals surface area contributed by atoms with E-state index >= 15 is 0 Å². The first kappa shape index (κ1) is 15.9. The minimum Gasteiger partial charge on any atom is -0.484 e. The fourth-order valence-corrected chi connectivity index (χ4v) is 1.26. The van der Waals surface area contributed by atoms with Gasteiger partial charge in [-0.25, -0.2) is 0 Å². The summed E-state index contributed by atoms with van der Waals surface area (Å²) < 4.78 is 40.7. The molecule has 8 heteroatoms. The van der Waals surface area contributed by atoms with E-state index in [0.29, 0.717) is 0 Å². The standard InChI is InChI=1S/C13H7F3N4O/c14-13(15,16)8-21-11-3-1-2-10(4-11)20-12(7-19)9(5-17)6-18/h1-4,20H,8H2. The predicted molar refractivity (Wildman–Crippen MR) is 65.5 cm³/mol. The average Bonchev–Trinajstić information content (AvgIpc) is 2.45. The molecule has 0 aromatic heterocycles. The van der Waals surface area contributed by atoms with Crippen molar-refractivity contribution in [3.8, 4) is 24.0 Å². The maximum absolute atomic E-state index is 12.0. The number of hydrogen-bond donors (Lipinski definition) is 1. The molecule has 0 unspecified atom stereocenters. The van der Waals surface area contributed by atoms with Crippen LogP contribution in [-0.2, 0) is 0 Å². The van der Waals surface area contributed by atoms with Crippen molar-refractivity contribution in [2.75, 3.05) is 11.9 Å². The molecule has 0 aliphatic rings. The van der Waals surface area contributed by atoms with Gasteiger partial charge in [-0.15, -0.1) is 0 Å². The molecule has 0 spiro atoms. The van der Waals surface area contributed by atoms with E-state index in [4.69, 9.17) is 15.8 Å². The first-order valence-electron chi connectivity index (χ1n) is 5.41. The molecular formula is C13H7F3N4O. The fourth-order valence-electron chi connectivity index (χ4n) is 1.26. The van der Waals surface area contributed by atoms with Crippen molar-refractivity contribution in [1.29, 1.82) is 15.8 Å². The van der Waals surface area contributed by atoms with Crippen LogP contribution in [0.5, 0.6) is 5.75 Å². The Bertz CT molecular complexity index is 658. The second-order valence-corrected chi connectivity index (χ2v) is 3.64. The smallest absolute Gasteiger partial charge is 0.422 e. The lowest BCUT2D eigenvalue weighted by atomic mass is 10.2. The van der Waals surface area contributed by atoms with Crippen LogP contribution < -0.4 is 10.1 Å². The third kappa shape index (κ3) is 5.14.